The molecular weight excluding hydrogens is 694 g/mol. The number of hydrogen-bond acceptors (Lipinski definition) is 4. The topological polar surface area (TPSA) is 46.3 Å². The molecule has 0 saturated carbocycles. The van der Waals surface area contributed by atoms with Crippen LogP contribution in [-0.4, -0.2) is 18.6 Å². The molecule has 0 radical (unpaired) electrons. The van der Waals surface area contributed by atoms with Crippen LogP contribution in [0.25, 0.3) is 0 Å². The second-order valence-electron chi connectivity index (χ2n) is 8.68. The first-order valence-corrected chi connectivity index (χ1v) is 14.7. The first kappa shape index (κ1) is 27.9. The third-order valence-electron chi connectivity index (χ3n) is 5.70. The van der Waals surface area contributed by atoms with Gasteiger partial charge in [-0.25, -0.2) is 0 Å². The van der Waals surface area contributed by atoms with Gasteiger partial charge < -0.3 is 4.74 Å². The number of hydrogen-bond donors (Lipinski definition) is 0. The minimum Gasteiger partial charge on any atom is -0.457 e. The van der Waals surface area contributed by atoms with E-state index in [-0.39, 0.29) is 0 Å². The van der Waals surface area contributed by atoms with E-state index in [1.165, 1.54) is 0 Å². The lowest BCUT2D eigenvalue weighted by Crippen LogP contribution is -1.85. The zero-order valence-electron chi connectivity index (χ0n) is 21.1. The number of benzene rings is 5. The molecule has 5 aromatic rings. The van der Waals surface area contributed by atoms with Crippen LogP contribution in [-0.2, 0) is 0 Å². The van der Waals surface area contributed by atoms with Crippen molar-refractivity contribution < 1.29 is 4.74 Å². The van der Waals surface area contributed by atoms with Crippen LogP contribution in [0.3, 0.4) is 0 Å². The summed E-state index contributed by atoms with van der Waals surface area (Å²) in [6.45, 7) is 0. The lowest BCUT2D eigenvalue weighted by molar-refractivity contribution is 0.483. The molecule has 0 aliphatic rings. The number of aliphatic imine (C=N–C) groups is 3. The Balaban J connectivity index is 1.35. The molecule has 0 fully saturated rings. The molecule has 0 amide bonds. The Labute approximate surface area is 258 Å². The predicted octanol–water partition coefficient (Wildman–Crippen LogP) is 11.0. The van der Waals surface area contributed by atoms with Crippen LogP contribution in [0.4, 0.5) is 17.1 Å². The van der Waals surface area contributed by atoms with Crippen molar-refractivity contribution in [3.63, 3.8) is 0 Å². The van der Waals surface area contributed by atoms with Crippen molar-refractivity contribution in [1.29, 1.82) is 0 Å². The summed E-state index contributed by atoms with van der Waals surface area (Å²) < 4.78 is 9.24. The molecule has 0 aromatic heterocycles. The molecule has 0 aliphatic heterocycles. The Bertz CT molecular complexity index is 1660. The summed E-state index contributed by atoms with van der Waals surface area (Å²) in [4.78, 5) is 14.0. The van der Waals surface area contributed by atoms with Crippen molar-refractivity contribution in [3.05, 3.63) is 145 Å². The Morgan fingerprint density at radius 3 is 1.35 bits per heavy atom. The van der Waals surface area contributed by atoms with E-state index in [0.29, 0.717) is 17.2 Å². The molecule has 0 unspecified atom stereocenters. The fourth-order valence-electron chi connectivity index (χ4n) is 3.60. The zero-order valence-corrected chi connectivity index (χ0v) is 25.8. The van der Waals surface area contributed by atoms with Crippen LogP contribution in [0, 0.1) is 0 Å². The maximum atomic E-state index is 6.15. The van der Waals surface area contributed by atoms with E-state index in [2.05, 4.69) is 52.8 Å². The lowest BCUT2D eigenvalue weighted by Gasteiger charge is -2.08. The van der Waals surface area contributed by atoms with Crippen molar-refractivity contribution in [2.45, 2.75) is 0 Å². The minimum atomic E-state index is 0.664. The molecule has 0 N–H and O–H groups in total. The van der Waals surface area contributed by atoms with Crippen LogP contribution in [0.5, 0.6) is 11.5 Å². The summed E-state index contributed by atoms with van der Waals surface area (Å²) in [6, 6.07) is 37.3. The number of rotatable bonds is 8. The maximum absolute atomic E-state index is 6.15. The smallest absolute Gasteiger partial charge is 0.129 e. The molecule has 0 heterocycles. The zero-order chi connectivity index (χ0) is 27.7. The standard InChI is InChI=1S/C33H22Br3N3O/c34-26-7-1-23(2-8-26)20-37-29-13-15-30(16-14-29)40-31-17-18-32(38-21-24-3-9-27(35)10-4-24)33(19-31)39-22-25-5-11-28(36)12-6-25/h1-22H. The van der Waals surface area contributed by atoms with E-state index in [0.717, 1.165) is 41.5 Å². The van der Waals surface area contributed by atoms with Gasteiger partial charge in [0, 0.05) is 38.1 Å². The van der Waals surface area contributed by atoms with Gasteiger partial charge in [0.15, 0.2) is 0 Å². The molecule has 0 spiro atoms. The molecule has 5 aromatic carbocycles. The summed E-state index contributed by atoms with van der Waals surface area (Å²) in [6.07, 6.45) is 5.49. The number of halogens is 3. The van der Waals surface area contributed by atoms with E-state index in [4.69, 9.17) is 14.7 Å². The van der Waals surface area contributed by atoms with Gasteiger partial charge in [-0.3, -0.25) is 15.0 Å². The molecule has 0 saturated heterocycles. The second kappa shape index (κ2) is 13.6. The van der Waals surface area contributed by atoms with Crippen LogP contribution < -0.4 is 4.74 Å². The van der Waals surface area contributed by atoms with Crippen molar-refractivity contribution in [2.75, 3.05) is 0 Å². The van der Waals surface area contributed by atoms with Crippen molar-refractivity contribution in [1.82, 2.24) is 0 Å². The van der Waals surface area contributed by atoms with Gasteiger partial charge in [-0.05, 0) is 89.5 Å². The monoisotopic (exact) mass is 713 g/mol. The Kier molecular flexibility index (Phi) is 9.50. The van der Waals surface area contributed by atoms with Gasteiger partial charge in [-0.1, -0.05) is 84.2 Å². The molecule has 7 heteroatoms. The summed E-state index contributed by atoms with van der Waals surface area (Å²) in [5, 5.41) is 0. The Morgan fingerprint density at radius 1 is 0.425 bits per heavy atom. The van der Waals surface area contributed by atoms with Crippen LogP contribution in [0.2, 0.25) is 0 Å². The highest BCUT2D eigenvalue weighted by Crippen LogP contribution is 2.34. The molecule has 0 aliphatic carbocycles. The van der Waals surface area contributed by atoms with Crippen LogP contribution in [0.1, 0.15) is 16.7 Å². The van der Waals surface area contributed by atoms with Crippen molar-refractivity contribution in [2.24, 2.45) is 15.0 Å². The largest absolute Gasteiger partial charge is 0.457 e. The molecule has 0 bridgehead atoms. The first-order valence-electron chi connectivity index (χ1n) is 12.3. The lowest BCUT2D eigenvalue weighted by atomic mass is 10.2. The number of nitrogens with zero attached hydrogens (tertiary/aromatic N) is 3. The Morgan fingerprint density at radius 2 is 0.850 bits per heavy atom. The molecular formula is C33H22Br3N3O. The SMILES string of the molecule is Brc1ccc(C=Nc2ccc(Oc3ccc(N=Cc4ccc(Br)cc4)c(N=Cc4ccc(Br)cc4)c3)cc2)cc1. The predicted molar refractivity (Wildman–Crippen MR) is 177 cm³/mol. The van der Waals surface area contributed by atoms with Crippen LogP contribution in [0.15, 0.2) is 144 Å². The molecule has 4 nitrogen and oxygen atoms in total. The highest BCUT2D eigenvalue weighted by Gasteiger charge is 2.05. The van der Waals surface area contributed by atoms with E-state index in [1.807, 2.05) is 134 Å². The molecule has 40 heavy (non-hydrogen) atoms. The fourth-order valence-corrected chi connectivity index (χ4v) is 4.39. The normalized spacial score (nSPS) is 11.6. The van der Waals surface area contributed by atoms with Gasteiger partial charge >= 0.3 is 0 Å². The van der Waals surface area contributed by atoms with Gasteiger partial charge in [0.25, 0.3) is 0 Å². The molecule has 196 valence electrons. The summed E-state index contributed by atoms with van der Waals surface area (Å²) in [5.74, 6) is 1.37. The Hall–Kier alpha value is -3.65. The summed E-state index contributed by atoms with van der Waals surface area (Å²) >= 11 is 10.4. The fraction of sp³-hybridized carbons (Fsp3) is 0. The highest BCUT2D eigenvalue weighted by molar-refractivity contribution is 9.11. The van der Waals surface area contributed by atoms with Gasteiger partial charge in [0.05, 0.1) is 17.1 Å². The second-order valence-corrected chi connectivity index (χ2v) is 11.4. The third-order valence-corrected chi connectivity index (χ3v) is 7.28. The van der Waals surface area contributed by atoms with Gasteiger partial charge in [0.2, 0.25) is 0 Å². The van der Waals surface area contributed by atoms with E-state index < -0.39 is 0 Å². The van der Waals surface area contributed by atoms with Crippen molar-refractivity contribution >= 4 is 83.5 Å². The maximum Gasteiger partial charge on any atom is 0.129 e. The van der Waals surface area contributed by atoms with Gasteiger partial charge in [-0.15, -0.1) is 0 Å². The molecule has 5 rings (SSSR count). The van der Waals surface area contributed by atoms with Crippen molar-refractivity contribution in [3.8, 4) is 11.5 Å². The van der Waals surface area contributed by atoms with Crippen LogP contribution >= 0.6 is 47.8 Å². The first-order chi connectivity index (χ1) is 19.5. The van der Waals surface area contributed by atoms with E-state index >= 15 is 0 Å². The minimum absolute atomic E-state index is 0.664. The van der Waals surface area contributed by atoms with Gasteiger partial charge in [-0.2, -0.15) is 0 Å². The summed E-state index contributed by atoms with van der Waals surface area (Å²) in [5.41, 5.74) is 5.28. The average molecular weight is 716 g/mol. The molecule has 0 atom stereocenters. The number of ether oxygens (including phenoxy) is 1. The third kappa shape index (κ3) is 8.18. The summed E-state index contributed by atoms with van der Waals surface area (Å²) in [7, 11) is 0. The van der Waals surface area contributed by atoms with E-state index in [9.17, 15) is 0 Å². The van der Waals surface area contributed by atoms with E-state index in [1.54, 1.807) is 0 Å². The average Bonchev–Trinajstić information content (AvgIpc) is 2.98. The highest BCUT2D eigenvalue weighted by atomic mass is 79.9. The van der Waals surface area contributed by atoms with Gasteiger partial charge in [0.1, 0.15) is 11.5 Å². The quantitative estimate of drug-likeness (QED) is 0.148.